The molecule has 1 atom stereocenters. The highest BCUT2D eigenvalue weighted by Crippen LogP contribution is 2.27. The number of allylic oxidation sites excluding steroid dienone is 1. The Labute approximate surface area is 123 Å². The topological polar surface area (TPSA) is 61.1 Å². The molecule has 2 aromatic carbocycles. The van der Waals surface area contributed by atoms with Crippen LogP contribution in [-0.4, -0.2) is 11.1 Å². The summed E-state index contributed by atoms with van der Waals surface area (Å²) in [7, 11) is 0. The quantitative estimate of drug-likeness (QED) is 0.851. The number of nitriles is 1. The van der Waals surface area contributed by atoms with Crippen molar-refractivity contribution < 1.29 is 9.90 Å². The molecule has 0 amide bonds. The molecule has 0 aliphatic heterocycles. The van der Waals surface area contributed by atoms with Crippen LogP contribution >= 0.6 is 0 Å². The molecule has 0 saturated carbocycles. The molecular weight excluding hydrogens is 262 g/mol. The van der Waals surface area contributed by atoms with Crippen molar-refractivity contribution in [1.82, 2.24) is 0 Å². The average Bonchev–Trinajstić information content (AvgIpc) is 2.53. The fourth-order valence-corrected chi connectivity index (χ4v) is 2.16. The maximum absolute atomic E-state index is 10.8. The van der Waals surface area contributed by atoms with Crippen LogP contribution < -0.4 is 0 Å². The summed E-state index contributed by atoms with van der Waals surface area (Å²) in [5.41, 5.74) is 3.58. The largest absolute Gasteiger partial charge is 0.478 e. The first-order valence-corrected chi connectivity index (χ1v) is 6.57. The van der Waals surface area contributed by atoms with E-state index in [1.54, 1.807) is 30.3 Å². The number of aromatic carboxylic acids is 1. The molecule has 1 unspecified atom stereocenters. The predicted octanol–water partition coefficient (Wildman–Crippen LogP) is 4.21. The van der Waals surface area contributed by atoms with E-state index in [0.717, 1.165) is 16.7 Å². The first kappa shape index (κ1) is 14.5. The second-order valence-electron chi connectivity index (χ2n) is 4.82. The van der Waals surface area contributed by atoms with Gasteiger partial charge < -0.3 is 5.11 Å². The lowest BCUT2D eigenvalue weighted by Crippen LogP contribution is -1.96. The molecule has 2 rings (SSSR count). The Balaban J connectivity index is 2.43. The van der Waals surface area contributed by atoms with Crippen molar-refractivity contribution in [2.24, 2.45) is 0 Å². The molecule has 0 aromatic heterocycles. The molecule has 0 radical (unpaired) electrons. The fraction of sp³-hybridized carbons (Fsp3) is 0.111. The summed E-state index contributed by atoms with van der Waals surface area (Å²) in [6.45, 7) is 5.74. The molecule has 21 heavy (non-hydrogen) atoms. The van der Waals surface area contributed by atoms with Gasteiger partial charge in [-0.25, -0.2) is 4.79 Å². The summed E-state index contributed by atoms with van der Waals surface area (Å²) in [5.74, 6) is -0.836. The average molecular weight is 277 g/mol. The van der Waals surface area contributed by atoms with Gasteiger partial charge in [-0.2, -0.15) is 5.26 Å². The second kappa shape index (κ2) is 6.06. The van der Waals surface area contributed by atoms with Gasteiger partial charge in [0.05, 0.1) is 17.2 Å². The van der Waals surface area contributed by atoms with Gasteiger partial charge in [0, 0.05) is 5.92 Å². The monoisotopic (exact) mass is 277 g/mol. The van der Waals surface area contributed by atoms with Crippen LogP contribution in [0.3, 0.4) is 0 Å². The van der Waals surface area contributed by atoms with Crippen LogP contribution in [0.1, 0.15) is 34.3 Å². The Bertz CT molecular complexity index is 724. The summed E-state index contributed by atoms with van der Waals surface area (Å²) < 4.78 is 0. The molecule has 0 fully saturated rings. The number of carboxylic acids is 1. The van der Waals surface area contributed by atoms with Crippen molar-refractivity contribution in [3.63, 3.8) is 0 Å². The standard InChI is InChI=1S/C18H15NO2/c1-3-12(2)17-9-8-15(10-16(17)11-19)13-4-6-14(7-5-13)18(20)21/h3-10,12H,1H2,2H3,(H,20,21). The molecule has 3 heteroatoms. The van der Waals surface area contributed by atoms with E-state index < -0.39 is 5.97 Å². The molecule has 0 aliphatic carbocycles. The summed E-state index contributed by atoms with van der Waals surface area (Å²) in [4.78, 5) is 10.8. The van der Waals surface area contributed by atoms with Crippen LogP contribution in [0.15, 0.2) is 55.1 Å². The van der Waals surface area contributed by atoms with Crippen molar-refractivity contribution in [1.29, 1.82) is 5.26 Å². The second-order valence-corrected chi connectivity index (χ2v) is 4.82. The molecular formula is C18H15NO2. The van der Waals surface area contributed by atoms with Crippen molar-refractivity contribution in [2.75, 3.05) is 0 Å². The van der Waals surface area contributed by atoms with E-state index >= 15 is 0 Å². The van der Waals surface area contributed by atoms with Crippen molar-refractivity contribution in [2.45, 2.75) is 12.8 Å². The third-order valence-electron chi connectivity index (χ3n) is 3.48. The third kappa shape index (κ3) is 3.01. The zero-order valence-corrected chi connectivity index (χ0v) is 11.7. The molecule has 0 saturated heterocycles. The van der Waals surface area contributed by atoms with Gasteiger partial charge in [0.15, 0.2) is 0 Å². The minimum absolute atomic E-state index is 0.114. The third-order valence-corrected chi connectivity index (χ3v) is 3.48. The van der Waals surface area contributed by atoms with E-state index in [1.165, 1.54) is 0 Å². The highest BCUT2D eigenvalue weighted by atomic mass is 16.4. The highest BCUT2D eigenvalue weighted by molar-refractivity contribution is 5.88. The maximum atomic E-state index is 10.8. The van der Waals surface area contributed by atoms with Gasteiger partial charge in [0.1, 0.15) is 0 Å². The molecule has 0 bridgehead atoms. The van der Waals surface area contributed by atoms with E-state index in [0.29, 0.717) is 5.56 Å². The summed E-state index contributed by atoms with van der Waals surface area (Å²) in [6.07, 6.45) is 1.80. The number of benzene rings is 2. The van der Waals surface area contributed by atoms with Crippen LogP contribution in [0.5, 0.6) is 0 Å². The molecule has 0 heterocycles. The minimum atomic E-state index is -0.950. The Hall–Kier alpha value is -2.86. The summed E-state index contributed by atoms with van der Waals surface area (Å²) in [5, 5.41) is 18.2. The smallest absolute Gasteiger partial charge is 0.335 e. The van der Waals surface area contributed by atoms with E-state index in [9.17, 15) is 10.1 Å². The highest BCUT2D eigenvalue weighted by Gasteiger charge is 2.10. The zero-order valence-electron chi connectivity index (χ0n) is 11.7. The Morgan fingerprint density at radius 2 is 1.86 bits per heavy atom. The summed E-state index contributed by atoms with van der Waals surface area (Å²) >= 11 is 0. The van der Waals surface area contributed by atoms with Crippen LogP contribution in [0.2, 0.25) is 0 Å². The Morgan fingerprint density at radius 3 is 2.38 bits per heavy atom. The van der Waals surface area contributed by atoms with Crippen LogP contribution in [-0.2, 0) is 0 Å². The van der Waals surface area contributed by atoms with Gasteiger partial charge in [-0.05, 0) is 34.9 Å². The number of carboxylic acid groups (broad SMARTS) is 1. The van der Waals surface area contributed by atoms with Crippen molar-refractivity contribution in [3.8, 4) is 17.2 Å². The van der Waals surface area contributed by atoms with Crippen LogP contribution in [0.25, 0.3) is 11.1 Å². The fourth-order valence-electron chi connectivity index (χ4n) is 2.16. The van der Waals surface area contributed by atoms with Gasteiger partial charge in [-0.3, -0.25) is 0 Å². The first-order valence-electron chi connectivity index (χ1n) is 6.57. The lowest BCUT2D eigenvalue weighted by atomic mass is 9.92. The van der Waals surface area contributed by atoms with E-state index in [1.807, 2.05) is 25.1 Å². The lowest BCUT2D eigenvalue weighted by molar-refractivity contribution is 0.0697. The number of carbonyl (C=O) groups is 1. The van der Waals surface area contributed by atoms with Gasteiger partial charge in [-0.15, -0.1) is 6.58 Å². The van der Waals surface area contributed by atoms with Gasteiger partial charge >= 0.3 is 5.97 Å². The van der Waals surface area contributed by atoms with Gasteiger partial charge in [0.25, 0.3) is 0 Å². The Kier molecular flexibility index (Phi) is 4.20. The van der Waals surface area contributed by atoms with Crippen molar-refractivity contribution >= 4 is 5.97 Å². The molecule has 1 N–H and O–H groups in total. The Morgan fingerprint density at radius 1 is 1.24 bits per heavy atom. The van der Waals surface area contributed by atoms with Gasteiger partial charge in [0.2, 0.25) is 0 Å². The minimum Gasteiger partial charge on any atom is -0.478 e. The van der Waals surface area contributed by atoms with Crippen molar-refractivity contribution in [3.05, 3.63) is 71.8 Å². The van der Waals surface area contributed by atoms with E-state index in [-0.39, 0.29) is 11.5 Å². The van der Waals surface area contributed by atoms with Crippen LogP contribution in [0.4, 0.5) is 0 Å². The predicted molar refractivity (Wildman–Crippen MR) is 82.2 cm³/mol. The van der Waals surface area contributed by atoms with Crippen LogP contribution in [0, 0.1) is 11.3 Å². The molecule has 104 valence electrons. The zero-order chi connectivity index (χ0) is 15.4. The number of hydrogen-bond donors (Lipinski definition) is 1. The SMILES string of the molecule is C=CC(C)c1ccc(-c2ccc(C(=O)O)cc2)cc1C#N. The van der Waals surface area contributed by atoms with Gasteiger partial charge in [-0.1, -0.05) is 37.3 Å². The first-order chi connectivity index (χ1) is 10.1. The molecule has 3 nitrogen and oxygen atoms in total. The molecule has 2 aromatic rings. The van der Waals surface area contributed by atoms with E-state index in [2.05, 4.69) is 12.6 Å². The number of rotatable bonds is 4. The summed E-state index contributed by atoms with van der Waals surface area (Å²) in [6, 6.07) is 14.5. The maximum Gasteiger partial charge on any atom is 0.335 e. The number of nitrogens with zero attached hydrogens (tertiary/aromatic N) is 1. The van der Waals surface area contributed by atoms with E-state index in [4.69, 9.17) is 5.11 Å². The lowest BCUT2D eigenvalue weighted by Gasteiger charge is -2.11. The normalized spacial score (nSPS) is 11.4. The number of hydrogen-bond acceptors (Lipinski definition) is 2. The molecule has 0 aliphatic rings. The molecule has 0 spiro atoms.